The van der Waals surface area contributed by atoms with E-state index in [-0.39, 0.29) is 10.8 Å². The second kappa shape index (κ2) is 7.30. The first-order valence-electron chi connectivity index (χ1n) is 6.18. The Balaban J connectivity index is 1.79. The second-order valence-corrected chi connectivity index (χ2v) is 8.20. The van der Waals surface area contributed by atoms with Gasteiger partial charge >= 0.3 is 0 Å². The van der Waals surface area contributed by atoms with Crippen molar-refractivity contribution >= 4 is 49.5 Å². The number of amides is 1. The minimum atomic E-state index is -3.70. The summed E-state index contributed by atoms with van der Waals surface area (Å²) >= 11 is 3.30. The SMILES string of the molecule is NS(=O)(=O)c1ccc(NC(=O)CCSC2=NCCS2)cc1. The van der Waals surface area contributed by atoms with E-state index in [0.717, 1.165) is 16.7 Å². The van der Waals surface area contributed by atoms with E-state index >= 15 is 0 Å². The van der Waals surface area contributed by atoms with Gasteiger partial charge in [-0.05, 0) is 24.3 Å². The molecule has 1 aromatic rings. The van der Waals surface area contributed by atoms with Gasteiger partial charge in [-0.25, -0.2) is 13.6 Å². The van der Waals surface area contributed by atoms with Crippen molar-refractivity contribution in [3.05, 3.63) is 24.3 Å². The summed E-state index contributed by atoms with van der Waals surface area (Å²) in [5.41, 5.74) is 0.546. The first kappa shape index (κ1) is 16.3. The van der Waals surface area contributed by atoms with E-state index in [9.17, 15) is 13.2 Å². The van der Waals surface area contributed by atoms with Crippen LogP contribution in [0, 0.1) is 0 Å². The average Bonchev–Trinajstić information content (AvgIpc) is 2.91. The fraction of sp³-hybridized carbons (Fsp3) is 0.333. The number of nitrogens with one attached hydrogen (secondary N) is 1. The van der Waals surface area contributed by atoms with Crippen LogP contribution in [0.3, 0.4) is 0 Å². The molecule has 0 aliphatic carbocycles. The number of nitrogens with two attached hydrogens (primary N) is 1. The van der Waals surface area contributed by atoms with E-state index in [2.05, 4.69) is 10.3 Å². The van der Waals surface area contributed by atoms with Crippen LogP contribution in [0.25, 0.3) is 0 Å². The largest absolute Gasteiger partial charge is 0.326 e. The number of primary sulfonamides is 1. The van der Waals surface area contributed by atoms with Crippen molar-refractivity contribution in [1.29, 1.82) is 0 Å². The summed E-state index contributed by atoms with van der Waals surface area (Å²) < 4.78 is 23.3. The lowest BCUT2D eigenvalue weighted by Crippen LogP contribution is -2.14. The summed E-state index contributed by atoms with van der Waals surface area (Å²) in [5, 5.41) is 7.71. The Morgan fingerprint density at radius 3 is 2.67 bits per heavy atom. The van der Waals surface area contributed by atoms with Gasteiger partial charge in [0.25, 0.3) is 0 Å². The van der Waals surface area contributed by atoms with Crippen LogP contribution in [0.4, 0.5) is 5.69 Å². The fourth-order valence-corrected chi connectivity index (χ4v) is 4.12. The molecule has 114 valence electrons. The fourth-order valence-electron chi connectivity index (χ4n) is 1.59. The Kier molecular flexibility index (Phi) is 5.68. The number of nitrogens with zero attached hydrogens (tertiary/aromatic N) is 1. The van der Waals surface area contributed by atoms with Crippen LogP contribution < -0.4 is 10.5 Å². The standard InChI is InChI=1S/C12H15N3O3S3/c13-21(17,18)10-3-1-9(2-4-10)15-11(16)5-7-19-12-14-6-8-20-12/h1-4H,5-8H2,(H,15,16)(H2,13,17,18). The summed E-state index contributed by atoms with van der Waals surface area (Å²) in [6.45, 7) is 0.857. The minimum Gasteiger partial charge on any atom is -0.326 e. The number of sulfonamides is 1. The Labute approximate surface area is 132 Å². The highest BCUT2D eigenvalue weighted by Crippen LogP contribution is 2.22. The van der Waals surface area contributed by atoms with Gasteiger partial charge in [-0.15, -0.1) is 0 Å². The number of carbonyl (C=O) groups is 1. The zero-order valence-corrected chi connectivity index (χ0v) is 13.6. The van der Waals surface area contributed by atoms with Crippen molar-refractivity contribution in [2.24, 2.45) is 10.1 Å². The first-order valence-corrected chi connectivity index (χ1v) is 9.70. The van der Waals surface area contributed by atoms with Crippen molar-refractivity contribution in [1.82, 2.24) is 0 Å². The summed E-state index contributed by atoms with van der Waals surface area (Å²) in [6.07, 6.45) is 0.376. The van der Waals surface area contributed by atoms with E-state index in [1.165, 1.54) is 24.3 Å². The quantitative estimate of drug-likeness (QED) is 0.842. The molecular weight excluding hydrogens is 330 g/mol. The lowest BCUT2D eigenvalue weighted by Gasteiger charge is -2.06. The summed E-state index contributed by atoms with van der Waals surface area (Å²) in [5.74, 6) is 1.58. The van der Waals surface area contributed by atoms with E-state index in [1.807, 2.05) is 0 Å². The van der Waals surface area contributed by atoms with E-state index in [4.69, 9.17) is 5.14 Å². The number of rotatable bonds is 5. The van der Waals surface area contributed by atoms with Gasteiger partial charge in [-0.1, -0.05) is 23.5 Å². The average molecular weight is 345 g/mol. The normalized spacial score (nSPS) is 14.8. The molecule has 0 saturated carbocycles. The number of hydrogen-bond donors (Lipinski definition) is 2. The molecule has 0 aromatic heterocycles. The number of benzene rings is 1. The first-order chi connectivity index (χ1) is 9.95. The van der Waals surface area contributed by atoms with E-state index < -0.39 is 10.0 Å². The van der Waals surface area contributed by atoms with E-state index in [1.54, 1.807) is 23.5 Å². The van der Waals surface area contributed by atoms with Crippen LogP contribution in [-0.2, 0) is 14.8 Å². The molecule has 1 aliphatic rings. The Morgan fingerprint density at radius 2 is 2.10 bits per heavy atom. The summed E-state index contributed by atoms with van der Waals surface area (Å²) in [6, 6.07) is 5.76. The third-order valence-electron chi connectivity index (χ3n) is 2.58. The van der Waals surface area contributed by atoms with Crippen molar-refractivity contribution < 1.29 is 13.2 Å². The summed E-state index contributed by atoms with van der Waals surface area (Å²) in [7, 11) is -3.70. The Morgan fingerprint density at radius 1 is 1.38 bits per heavy atom. The van der Waals surface area contributed by atoms with Crippen LogP contribution >= 0.6 is 23.5 Å². The molecule has 2 rings (SSSR count). The number of anilines is 1. The Bertz CT molecular complexity index is 641. The molecule has 1 heterocycles. The monoisotopic (exact) mass is 345 g/mol. The van der Waals surface area contributed by atoms with Crippen molar-refractivity contribution in [2.45, 2.75) is 11.3 Å². The predicted octanol–water partition coefficient (Wildman–Crippen LogP) is 1.50. The van der Waals surface area contributed by atoms with Gasteiger partial charge in [0, 0.05) is 23.6 Å². The van der Waals surface area contributed by atoms with Gasteiger partial charge in [-0.2, -0.15) is 0 Å². The number of carbonyl (C=O) groups excluding carboxylic acids is 1. The highest BCUT2D eigenvalue weighted by Gasteiger charge is 2.10. The number of thioether (sulfide) groups is 2. The van der Waals surface area contributed by atoms with Crippen LogP contribution in [-0.4, -0.2) is 36.8 Å². The molecule has 1 aromatic carbocycles. The molecule has 1 amide bonds. The highest BCUT2D eigenvalue weighted by atomic mass is 32.2. The zero-order valence-electron chi connectivity index (χ0n) is 11.1. The molecule has 21 heavy (non-hydrogen) atoms. The third kappa shape index (κ3) is 5.34. The van der Waals surface area contributed by atoms with E-state index in [0.29, 0.717) is 17.9 Å². The Hall–Kier alpha value is -1.03. The van der Waals surface area contributed by atoms with Crippen LogP contribution in [0.1, 0.15) is 6.42 Å². The van der Waals surface area contributed by atoms with Gasteiger partial charge in [0.05, 0.1) is 11.4 Å². The molecule has 3 N–H and O–H groups in total. The van der Waals surface area contributed by atoms with Crippen molar-refractivity contribution in [2.75, 3.05) is 23.4 Å². The number of aliphatic imine (C=N–C) groups is 1. The van der Waals surface area contributed by atoms with Gasteiger partial charge in [0.1, 0.15) is 4.38 Å². The third-order valence-corrected chi connectivity index (χ3v) is 5.76. The lowest BCUT2D eigenvalue weighted by molar-refractivity contribution is -0.115. The number of hydrogen-bond acceptors (Lipinski definition) is 6. The molecule has 9 heteroatoms. The molecule has 0 saturated heterocycles. The molecule has 1 aliphatic heterocycles. The van der Waals surface area contributed by atoms with Gasteiger partial charge < -0.3 is 5.32 Å². The van der Waals surface area contributed by atoms with Crippen LogP contribution in [0.2, 0.25) is 0 Å². The predicted molar refractivity (Wildman–Crippen MR) is 88.3 cm³/mol. The van der Waals surface area contributed by atoms with Gasteiger partial charge in [0.2, 0.25) is 15.9 Å². The molecule has 0 unspecified atom stereocenters. The summed E-state index contributed by atoms with van der Waals surface area (Å²) in [4.78, 5) is 16.1. The minimum absolute atomic E-state index is 0.0207. The molecular formula is C12H15N3O3S3. The van der Waals surface area contributed by atoms with Gasteiger partial charge in [-0.3, -0.25) is 9.79 Å². The molecule has 6 nitrogen and oxygen atoms in total. The van der Waals surface area contributed by atoms with Crippen molar-refractivity contribution in [3.63, 3.8) is 0 Å². The lowest BCUT2D eigenvalue weighted by atomic mass is 10.3. The highest BCUT2D eigenvalue weighted by molar-refractivity contribution is 8.39. The van der Waals surface area contributed by atoms with Gasteiger partial charge in [0.15, 0.2) is 0 Å². The maximum atomic E-state index is 11.8. The zero-order chi connectivity index (χ0) is 15.3. The maximum Gasteiger partial charge on any atom is 0.238 e. The molecule has 0 atom stereocenters. The molecule has 0 spiro atoms. The molecule has 0 bridgehead atoms. The van der Waals surface area contributed by atoms with Crippen molar-refractivity contribution in [3.8, 4) is 0 Å². The molecule has 0 fully saturated rings. The van der Waals surface area contributed by atoms with Crippen LogP contribution in [0.15, 0.2) is 34.2 Å². The second-order valence-electron chi connectivity index (χ2n) is 4.21. The van der Waals surface area contributed by atoms with Crippen LogP contribution in [0.5, 0.6) is 0 Å². The molecule has 0 radical (unpaired) electrons. The smallest absolute Gasteiger partial charge is 0.238 e. The topological polar surface area (TPSA) is 102 Å². The maximum absolute atomic E-state index is 11.8.